The first-order chi connectivity index (χ1) is 12.0. The van der Waals surface area contributed by atoms with Crippen LogP contribution in [0, 0.1) is 16.7 Å². The number of likely N-dealkylation sites (tertiary alicyclic amines) is 1. The lowest BCUT2D eigenvalue weighted by Gasteiger charge is -2.45. The summed E-state index contributed by atoms with van der Waals surface area (Å²) < 4.78 is 32.8. The van der Waals surface area contributed by atoms with Crippen LogP contribution in [0.1, 0.15) is 18.4 Å². The second-order valence-corrected chi connectivity index (χ2v) is 6.68. The highest BCUT2D eigenvalue weighted by Crippen LogP contribution is 2.36. The van der Waals surface area contributed by atoms with Crippen molar-refractivity contribution in [1.82, 2.24) is 4.90 Å². The zero-order valence-corrected chi connectivity index (χ0v) is 15.0. The van der Waals surface area contributed by atoms with Gasteiger partial charge in [0.1, 0.15) is 0 Å². The molecule has 0 spiro atoms. The Labute approximate surface area is 156 Å². The molecule has 2 N–H and O–H groups in total. The van der Waals surface area contributed by atoms with Gasteiger partial charge in [0, 0.05) is 30.5 Å². The van der Waals surface area contributed by atoms with Crippen molar-refractivity contribution in [3.8, 4) is 6.07 Å². The molecule has 0 aliphatic carbocycles. The summed E-state index contributed by atoms with van der Waals surface area (Å²) in [6, 6.07) is 10.3. The lowest BCUT2D eigenvalue weighted by Crippen LogP contribution is -2.55. The topological polar surface area (TPSA) is 102 Å². The smallest absolute Gasteiger partial charge is 0.481 e. The third kappa shape index (κ3) is 6.65. The summed E-state index contributed by atoms with van der Waals surface area (Å²) in [5, 5.41) is 25.0. The summed E-state index contributed by atoms with van der Waals surface area (Å²) >= 11 is 3.50. The van der Waals surface area contributed by atoms with E-state index in [9.17, 15) is 23.2 Å². The number of carbonyl (C=O) groups is 2. The number of carboxylic acid groups (broad SMARTS) is 2. The third-order valence-electron chi connectivity index (χ3n) is 3.70. The highest BCUT2D eigenvalue weighted by molar-refractivity contribution is 9.10. The van der Waals surface area contributed by atoms with Gasteiger partial charge in [-0.2, -0.15) is 18.4 Å². The third-order valence-corrected chi connectivity index (χ3v) is 4.48. The maximum atomic E-state index is 10.6. The Kier molecular flexibility index (Phi) is 7.59. The molecule has 26 heavy (non-hydrogen) atoms. The zero-order valence-electron chi connectivity index (χ0n) is 13.5. The van der Waals surface area contributed by atoms with Gasteiger partial charge in [0.05, 0.1) is 11.5 Å². The predicted molar refractivity (Wildman–Crippen MR) is 88.0 cm³/mol. The summed E-state index contributed by atoms with van der Waals surface area (Å²) in [5.41, 5.74) is 0.715. The van der Waals surface area contributed by atoms with Gasteiger partial charge in [-0.3, -0.25) is 9.69 Å². The van der Waals surface area contributed by atoms with Crippen LogP contribution < -0.4 is 0 Å². The number of hydrogen-bond acceptors (Lipinski definition) is 4. The first kappa shape index (κ1) is 21.9. The van der Waals surface area contributed by atoms with Gasteiger partial charge in [0.25, 0.3) is 0 Å². The summed E-state index contributed by atoms with van der Waals surface area (Å²) in [6.07, 6.45) is -4.58. The molecule has 1 saturated heterocycles. The van der Waals surface area contributed by atoms with E-state index in [1.54, 1.807) is 0 Å². The quantitative estimate of drug-likeness (QED) is 0.734. The summed E-state index contributed by atoms with van der Waals surface area (Å²) in [4.78, 5) is 21.7. The average molecular weight is 437 g/mol. The number of benzene rings is 1. The zero-order chi connectivity index (χ0) is 20.0. The fourth-order valence-corrected chi connectivity index (χ4v) is 2.83. The molecular formula is C16H16BrF3N2O4. The number of alkyl halides is 3. The number of aliphatic carboxylic acids is 2. The Balaban J connectivity index is 0.000000412. The van der Waals surface area contributed by atoms with E-state index >= 15 is 0 Å². The van der Waals surface area contributed by atoms with Gasteiger partial charge in [0.2, 0.25) is 0 Å². The summed E-state index contributed by atoms with van der Waals surface area (Å²) in [7, 11) is 0. The van der Waals surface area contributed by atoms with E-state index in [1.165, 1.54) is 5.56 Å². The van der Waals surface area contributed by atoms with Gasteiger partial charge >= 0.3 is 18.1 Å². The molecule has 1 aliphatic rings. The van der Waals surface area contributed by atoms with E-state index in [0.29, 0.717) is 19.5 Å². The van der Waals surface area contributed by atoms with Gasteiger partial charge in [-0.1, -0.05) is 34.1 Å². The molecule has 0 saturated carbocycles. The minimum atomic E-state index is -5.08. The number of halogens is 4. The number of nitriles is 1. The van der Waals surface area contributed by atoms with Gasteiger partial charge in [0.15, 0.2) is 0 Å². The fourth-order valence-electron chi connectivity index (χ4n) is 2.42. The van der Waals surface area contributed by atoms with Crippen LogP contribution in [0.15, 0.2) is 28.7 Å². The standard InChI is InChI=1S/C14H15BrN2O2.C2HF3O2/c15-12-4-2-1-3-11(12)7-17-9-14(8-16,10-17)6-5-13(18)19;3-2(4,5)1(6)7/h1-4H,5-7,9-10H2,(H,18,19);(H,6,7). The summed E-state index contributed by atoms with van der Waals surface area (Å²) in [5.74, 6) is -3.59. The van der Waals surface area contributed by atoms with Crippen molar-refractivity contribution in [1.29, 1.82) is 5.26 Å². The average Bonchev–Trinajstić information content (AvgIpc) is 2.51. The van der Waals surface area contributed by atoms with Crippen molar-refractivity contribution >= 4 is 27.9 Å². The number of nitrogens with zero attached hydrogens (tertiary/aromatic N) is 2. The van der Waals surface area contributed by atoms with Crippen LogP contribution in [0.5, 0.6) is 0 Å². The van der Waals surface area contributed by atoms with E-state index in [2.05, 4.69) is 26.9 Å². The lowest BCUT2D eigenvalue weighted by molar-refractivity contribution is -0.192. The molecule has 0 atom stereocenters. The van der Waals surface area contributed by atoms with Gasteiger partial charge in [-0.15, -0.1) is 0 Å². The maximum absolute atomic E-state index is 10.6. The molecule has 1 heterocycles. The van der Waals surface area contributed by atoms with Crippen LogP contribution in [-0.4, -0.2) is 46.3 Å². The number of hydrogen-bond donors (Lipinski definition) is 2. The Morgan fingerprint density at radius 1 is 1.27 bits per heavy atom. The highest BCUT2D eigenvalue weighted by atomic mass is 79.9. The molecular weight excluding hydrogens is 421 g/mol. The van der Waals surface area contributed by atoms with Crippen molar-refractivity contribution in [2.24, 2.45) is 5.41 Å². The van der Waals surface area contributed by atoms with Gasteiger partial charge in [-0.05, 0) is 18.1 Å². The Bertz CT molecular complexity index is 697. The van der Waals surface area contributed by atoms with E-state index in [1.807, 2.05) is 24.3 Å². The van der Waals surface area contributed by atoms with Crippen molar-refractivity contribution in [3.05, 3.63) is 34.3 Å². The number of carboxylic acids is 2. The minimum absolute atomic E-state index is 0.0659. The van der Waals surface area contributed by atoms with Crippen LogP contribution in [0.3, 0.4) is 0 Å². The van der Waals surface area contributed by atoms with Gasteiger partial charge < -0.3 is 10.2 Å². The monoisotopic (exact) mass is 436 g/mol. The number of rotatable bonds is 5. The molecule has 0 bridgehead atoms. The lowest BCUT2D eigenvalue weighted by atomic mass is 9.77. The normalized spacial score (nSPS) is 15.8. The Hall–Kier alpha value is -2.12. The van der Waals surface area contributed by atoms with Crippen molar-refractivity contribution < 1.29 is 33.0 Å². The maximum Gasteiger partial charge on any atom is 0.490 e. The molecule has 1 aliphatic heterocycles. The molecule has 1 aromatic carbocycles. The van der Waals surface area contributed by atoms with Crippen molar-refractivity contribution in [2.45, 2.75) is 25.6 Å². The molecule has 0 aromatic heterocycles. The molecule has 1 aromatic rings. The van der Waals surface area contributed by atoms with Gasteiger partial charge in [-0.25, -0.2) is 4.79 Å². The summed E-state index contributed by atoms with van der Waals surface area (Å²) in [6.45, 7) is 2.09. The van der Waals surface area contributed by atoms with E-state index in [0.717, 1.165) is 11.0 Å². The van der Waals surface area contributed by atoms with Crippen LogP contribution in [0.4, 0.5) is 13.2 Å². The van der Waals surface area contributed by atoms with Crippen LogP contribution >= 0.6 is 15.9 Å². The molecule has 0 unspecified atom stereocenters. The fraction of sp³-hybridized carbons (Fsp3) is 0.438. The molecule has 0 radical (unpaired) electrons. The first-order valence-corrected chi connectivity index (χ1v) is 8.17. The second kappa shape index (κ2) is 9.00. The molecule has 2 rings (SSSR count). The second-order valence-electron chi connectivity index (χ2n) is 5.83. The molecule has 142 valence electrons. The largest absolute Gasteiger partial charge is 0.490 e. The van der Waals surface area contributed by atoms with E-state index < -0.39 is 23.5 Å². The molecule has 0 amide bonds. The minimum Gasteiger partial charge on any atom is -0.481 e. The van der Waals surface area contributed by atoms with Crippen molar-refractivity contribution in [2.75, 3.05) is 13.1 Å². The van der Waals surface area contributed by atoms with Crippen LogP contribution in [0.25, 0.3) is 0 Å². The molecule has 6 nitrogen and oxygen atoms in total. The van der Waals surface area contributed by atoms with Crippen LogP contribution in [0.2, 0.25) is 0 Å². The van der Waals surface area contributed by atoms with E-state index in [4.69, 9.17) is 15.0 Å². The SMILES string of the molecule is N#CC1(CCC(=O)O)CN(Cc2ccccc2Br)C1.O=C(O)C(F)(F)F. The predicted octanol–water partition coefficient (Wildman–Crippen LogP) is 3.27. The van der Waals surface area contributed by atoms with Crippen LogP contribution in [-0.2, 0) is 16.1 Å². The Morgan fingerprint density at radius 2 is 1.81 bits per heavy atom. The molecule has 10 heteroatoms. The van der Waals surface area contributed by atoms with Crippen molar-refractivity contribution in [3.63, 3.8) is 0 Å². The highest BCUT2D eigenvalue weighted by Gasteiger charge is 2.43. The Morgan fingerprint density at radius 3 is 2.23 bits per heavy atom. The molecule has 1 fully saturated rings. The first-order valence-electron chi connectivity index (χ1n) is 7.38. The van der Waals surface area contributed by atoms with E-state index in [-0.39, 0.29) is 6.42 Å².